The lowest BCUT2D eigenvalue weighted by Crippen LogP contribution is -2.16. The van der Waals surface area contributed by atoms with Crippen LogP contribution in [0.15, 0.2) is 29.1 Å². The van der Waals surface area contributed by atoms with Crippen molar-refractivity contribution in [1.29, 1.82) is 0 Å². The van der Waals surface area contributed by atoms with E-state index in [-0.39, 0.29) is 18.1 Å². The van der Waals surface area contributed by atoms with Crippen molar-refractivity contribution < 1.29 is 14.5 Å². The third kappa shape index (κ3) is 3.22. The van der Waals surface area contributed by atoms with Gasteiger partial charge in [-0.1, -0.05) is 18.2 Å². The smallest absolute Gasteiger partial charge is 0.357 e. The van der Waals surface area contributed by atoms with Gasteiger partial charge in [-0.25, -0.2) is 0 Å². The number of para-hydroxylation sites is 1. The molecule has 0 saturated heterocycles. The van der Waals surface area contributed by atoms with Gasteiger partial charge < -0.3 is 15.0 Å². The van der Waals surface area contributed by atoms with Gasteiger partial charge in [-0.3, -0.25) is 19.7 Å². The molecule has 0 amide bonds. The number of carbonyl (C=O) groups excluding carboxylic acids is 1. The number of methoxy groups -OCH3 is 1. The van der Waals surface area contributed by atoms with Crippen molar-refractivity contribution in [3.05, 3.63) is 44.7 Å². The molecule has 2 aromatic rings. The van der Waals surface area contributed by atoms with E-state index >= 15 is 0 Å². The van der Waals surface area contributed by atoms with E-state index < -0.39 is 16.2 Å². The Morgan fingerprint density at radius 2 is 2.14 bits per heavy atom. The van der Waals surface area contributed by atoms with E-state index in [4.69, 9.17) is 0 Å². The molecule has 0 spiro atoms. The monoisotopic (exact) mass is 305 g/mol. The summed E-state index contributed by atoms with van der Waals surface area (Å²) in [5.41, 5.74) is -0.626. The minimum atomic E-state index is -0.765. The lowest BCUT2D eigenvalue weighted by atomic mass is 10.1. The van der Waals surface area contributed by atoms with E-state index in [1.807, 2.05) is 0 Å². The maximum absolute atomic E-state index is 11.9. The molecule has 0 radical (unpaired) electrons. The number of pyridine rings is 1. The van der Waals surface area contributed by atoms with Crippen LogP contribution in [0.4, 0.5) is 11.4 Å². The standard InChI is InChI=1S/C14H15N3O5/c1-22-11(18)7-4-8-15-12-9-5-2-3-6-10(9)16-14(19)13(12)17(20)21/h2-3,5-6H,4,7-8H2,1H3,(H2,15,16,19). The second-order valence-electron chi connectivity index (χ2n) is 4.59. The Kier molecular flexibility index (Phi) is 4.72. The number of ether oxygens (including phenoxy) is 1. The number of nitrogens with one attached hydrogen (secondary N) is 2. The van der Waals surface area contributed by atoms with Crippen LogP contribution in [0.1, 0.15) is 12.8 Å². The first-order valence-electron chi connectivity index (χ1n) is 6.64. The Bertz CT molecular complexity index is 769. The third-order valence-corrected chi connectivity index (χ3v) is 3.17. The molecular weight excluding hydrogens is 290 g/mol. The number of hydrogen-bond donors (Lipinski definition) is 2. The van der Waals surface area contributed by atoms with Gasteiger partial charge in [0.2, 0.25) is 0 Å². The lowest BCUT2D eigenvalue weighted by Gasteiger charge is -2.09. The summed E-state index contributed by atoms with van der Waals surface area (Å²) in [6.45, 7) is 0.309. The number of hydrogen-bond acceptors (Lipinski definition) is 6. The first kappa shape index (κ1) is 15.5. The van der Waals surface area contributed by atoms with Crippen molar-refractivity contribution in [2.24, 2.45) is 0 Å². The van der Waals surface area contributed by atoms with Crippen molar-refractivity contribution >= 4 is 28.2 Å². The third-order valence-electron chi connectivity index (χ3n) is 3.17. The number of nitrogens with zero attached hydrogens (tertiary/aromatic N) is 1. The van der Waals surface area contributed by atoms with Crippen molar-refractivity contribution in [3.63, 3.8) is 0 Å². The minimum absolute atomic E-state index is 0.161. The lowest BCUT2D eigenvalue weighted by molar-refractivity contribution is -0.385. The van der Waals surface area contributed by atoms with Crippen LogP contribution in [0.5, 0.6) is 0 Å². The molecule has 0 atom stereocenters. The summed E-state index contributed by atoms with van der Waals surface area (Å²) < 4.78 is 4.52. The summed E-state index contributed by atoms with van der Waals surface area (Å²) in [4.78, 5) is 35.8. The molecule has 2 rings (SSSR count). The van der Waals surface area contributed by atoms with Gasteiger partial charge in [-0.15, -0.1) is 0 Å². The quantitative estimate of drug-likeness (QED) is 0.364. The maximum Gasteiger partial charge on any atom is 0.357 e. The normalized spacial score (nSPS) is 10.4. The molecule has 8 nitrogen and oxygen atoms in total. The number of aromatic amines is 1. The van der Waals surface area contributed by atoms with Crippen LogP contribution < -0.4 is 10.9 Å². The molecule has 0 fully saturated rings. The highest BCUT2D eigenvalue weighted by Crippen LogP contribution is 2.28. The molecule has 0 aliphatic rings. The van der Waals surface area contributed by atoms with E-state index in [9.17, 15) is 19.7 Å². The average molecular weight is 305 g/mol. The van der Waals surface area contributed by atoms with Crippen LogP contribution >= 0.6 is 0 Å². The van der Waals surface area contributed by atoms with Crippen LogP contribution in [-0.2, 0) is 9.53 Å². The summed E-state index contributed by atoms with van der Waals surface area (Å²) in [6, 6.07) is 6.80. The number of esters is 1. The Morgan fingerprint density at radius 3 is 2.82 bits per heavy atom. The number of rotatable bonds is 6. The van der Waals surface area contributed by atoms with Crippen molar-refractivity contribution in [2.75, 3.05) is 19.0 Å². The van der Waals surface area contributed by atoms with Crippen molar-refractivity contribution in [3.8, 4) is 0 Å². The molecule has 0 unspecified atom stereocenters. The summed E-state index contributed by atoms with van der Waals surface area (Å²) in [5, 5.41) is 14.6. The van der Waals surface area contributed by atoms with Gasteiger partial charge in [0.15, 0.2) is 0 Å². The van der Waals surface area contributed by atoms with E-state index in [0.717, 1.165) is 0 Å². The zero-order valence-corrected chi connectivity index (χ0v) is 11.9. The summed E-state index contributed by atoms with van der Waals surface area (Å²) in [6.07, 6.45) is 0.628. The predicted octanol–water partition coefficient (Wildman–Crippen LogP) is 1.80. The number of aromatic nitrogens is 1. The fourth-order valence-electron chi connectivity index (χ4n) is 2.13. The van der Waals surface area contributed by atoms with Crippen LogP contribution in [-0.4, -0.2) is 29.5 Å². The van der Waals surface area contributed by atoms with E-state index in [1.165, 1.54) is 7.11 Å². The second-order valence-corrected chi connectivity index (χ2v) is 4.59. The highest BCUT2D eigenvalue weighted by molar-refractivity contribution is 5.95. The van der Waals surface area contributed by atoms with E-state index in [2.05, 4.69) is 15.0 Å². The zero-order valence-electron chi connectivity index (χ0n) is 11.9. The zero-order chi connectivity index (χ0) is 16.1. The molecule has 1 aromatic heterocycles. The maximum atomic E-state index is 11.9. The highest BCUT2D eigenvalue weighted by atomic mass is 16.6. The fraction of sp³-hybridized carbons (Fsp3) is 0.286. The van der Waals surface area contributed by atoms with Gasteiger partial charge in [0.1, 0.15) is 5.69 Å². The molecule has 116 valence electrons. The highest BCUT2D eigenvalue weighted by Gasteiger charge is 2.22. The van der Waals surface area contributed by atoms with E-state index in [0.29, 0.717) is 23.9 Å². The molecule has 8 heteroatoms. The molecule has 2 N–H and O–H groups in total. The SMILES string of the molecule is COC(=O)CCCNc1c([N+](=O)[O-])c(=O)[nH]c2ccccc12. The van der Waals surface area contributed by atoms with Crippen LogP contribution in [0.3, 0.4) is 0 Å². The van der Waals surface area contributed by atoms with Crippen LogP contribution in [0.25, 0.3) is 10.9 Å². The number of fused-ring (bicyclic) bond motifs is 1. The molecule has 22 heavy (non-hydrogen) atoms. The summed E-state index contributed by atoms with van der Waals surface area (Å²) in [7, 11) is 1.30. The number of H-pyrrole nitrogens is 1. The summed E-state index contributed by atoms with van der Waals surface area (Å²) >= 11 is 0. The average Bonchev–Trinajstić information content (AvgIpc) is 2.50. The number of nitro groups is 1. The second kappa shape index (κ2) is 6.70. The van der Waals surface area contributed by atoms with Crippen molar-refractivity contribution in [2.45, 2.75) is 12.8 Å². The molecule has 1 aromatic carbocycles. The Morgan fingerprint density at radius 1 is 1.41 bits per heavy atom. The van der Waals surface area contributed by atoms with Crippen LogP contribution in [0, 0.1) is 10.1 Å². The molecule has 0 aliphatic carbocycles. The largest absolute Gasteiger partial charge is 0.469 e. The van der Waals surface area contributed by atoms with Gasteiger partial charge in [0, 0.05) is 18.4 Å². The van der Waals surface area contributed by atoms with Crippen molar-refractivity contribution in [1.82, 2.24) is 4.98 Å². The molecule has 1 heterocycles. The van der Waals surface area contributed by atoms with Gasteiger partial charge in [-0.05, 0) is 12.5 Å². The predicted molar refractivity (Wildman–Crippen MR) is 81.0 cm³/mol. The molecular formula is C14H15N3O5. The Labute approximate surface area is 125 Å². The topological polar surface area (TPSA) is 114 Å². The minimum Gasteiger partial charge on any atom is -0.469 e. The van der Waals surface area contributed by atoms with E-state index in [1.54, 1.807) is 24.3 Å². The Balaban J connectivity index is 2.33. The Hall–Kier alpha value is -2.90. The fourth-order valence-corrected chi connectivity index (χ4v) is 2.13. The van der Waals surface area contributed by atoms with Gasteiger partial charge >= 0.3 is 17.2 Å². The first-order chi connectivity index (χ1) is 10.5. The first-order valence-corrected chi connectivity index (χ1v) is 6.64. The van der Waals surface area contributed by atoms with Gasteiger partial charge in [-0.2, -0.15) is 0 Å². The molecule has 0 saturated carbocycles. The van der Waals surface area contributed by atoms with Gasteiger partial charge in [0.25, 0.3) is 0 Å². The van der Waals surface area contributed by atoms with Crippen LogP contribution in [0.2, 0.25) is 0 Å². The van der Waals surface area contributed by atoms with Gasteiger partial charge in [0.05, 0.1) is 17.5 Å². The number of benzene rings is 1. The number of carbonyl (C=O) groups is 1. The summed E-state index contributed by atoms with van der Waals surface area (Å²) in [5.74, 6) is -0.355. The molecule has 0 bridgehead atoms. The number of anilines is 1. The molecule has 0 aliphatic heterocycles.